The molecule has 1 aromatic carbocycles. The van der Waals surface area contributed by atoms with Gasteiger partial charge >= 0.3 is 0 Å². The number of halogens is 1. The molecule has 1 fully saturated rings. The lowest BCUT2D eigenvalue weighted by atomic mass is 10.1. The molecule has 0 atom stereocenters. The molecule has 0 spiro atoms. The fraction of sp³-hybridized carbons (Fsp3) is 0.286. The van der Waals surface area contributed by atoms with Crippen LogP contribution in [0.2, 0.25) is 0 Å². The Hall–Kier alpha value is -3.00. The van der Waals surface area contributed by atoms with Gasteiger partial charge in [0.05, 0.1) is 11.4 Å². The minimum Gasteiger partial charge on any atom is -0.396 e. The van der Waals surface area contributed by atoms with E-state index in [9.17, 15) is 9.18 Å². The molecule has 148 valence electrons. The number of nitrogen functional groups attached to an aromatic ring is 1. The zero-order chi connectivity index (χ0) is 20.0. The Morgan fingerprint density at radius 3 is 2.66 bits per heavy atom. The third-order valence-corrected chi connectivity index (χ3v) is 6.56. The van der Waals surface area contributed by atoms with Crippen molar-refractivity contribution < 1.29 is 9.18 Å². The molecule has 2 aliphatic rings. The van der Waals surface area contributed by atoms with Crippen molar-refractivity contribution in [3.05, 3.63) is 52.9 Å². The van der Waals surface area contributed by atoms with Crippen LogP contribution in [0.15, 0.2) is 36.5 Å². The van der Waals surface area contributed by atoms with Crippen molar-refractivity contribution in [2.45, 2.75) is 19.3 Å². The third-order valence-electron chi connectivity index (χ3n) is 5.43. The molecule has 0 bridgehead atoms. The second-order valence-electron chi connectivity index (χ2n) is 7.31. The number of carbonyl (C=O) groups excluding carboxylic acids is 1. The highest BCUT2D eigenvalue weighted by Crippen LogP contribution is 2.34. The summed E-state index contributed by atoms with van der Waals surface area (Å²) in [6.45, 7) is 2.56. The van der Waals surface area contributed by atoms with E-state index in [1.54, 1.807) is 11.0 Å². The first-order valence-electron chi connectivity index (χ1n) is 9.68. The predicted molar refractivity (Wildman–Crippen MR) is 113 cm³/mol. The largest absolute Gasteiger partial charge is 0.396 e. The maximum Gasteiger partial charge on any atom is 0.270 e. The summed E-state index contributed by atoms with van der Waals surface area (Å²) in [5.74, 6) is 0.316. The summed E-state index contributed by atoms with van der Waals surface area (Å²) in [5.41, 5.74) is 7.84. The molecule has 4 heterocycles. The number of hydrogen-bond donors (Lipinski definition) is 1. The number of nitrogens with two attached hydrogens (primary N) is 1. The molecule has 2 aromatic heterocycles. The normalized spacial score (nSPS) is 16.4. The zero-order valence-electron chi connectivity index (χ0n) is 15.8. The van der Waals surface area contributed by atoms with Gasteiger partial charge in [-0.25, -0.2) is 14.4 Å². The lowest BCUT2D eigenvalue weighted by Crippen LogP contribution is -2.37. The fourth-order valence-electron chi connectivity index (χ4n) is 3.83. The first-order chi connectivity index (χ1) is 14.1. The Labute approximate surface area is 171 Å². The maximum absolute atomic E-state index is 13.8. The molecule has 2 aliphatic heterocycles. The van der Waals surface area contributed by atoms with E-state index >= 15 is 0 Å². The molecule has 5 rings (SSSR count). The van der Waals surface area contributed by atoms with Gasteiger partial charge in [-0.2, -0.15) is 0 Å². The van der Waals surface area contributed by atoms with Gasteiger partial charge in [0.1, 0.15) is 21.5 Å². The van der Waals surface area contributed by atoms with Gasteiger partial charge in [-0.05, 0) is 43.2 Å². The lowest BCUT2D eigenvalue weighted by molar-refractivity contribution is 0.0984. The number of nitrogens with zero attached hydrogens (tertiary/aromatic N) is 4. The molecular weight excluding hydrogens is 389 g/mol. The van der Waals surface area contributed by atoms with Crippen LogP contribution in [-0.2, 0) is 6.42 Å². The van der Waals surface area contributed by atoms with Gasteiger partial charge in [-0.3, -0.25) is 4.79 Å². The number of aromatic nitrogens is 2. The van der Waals surface area contributed by atoms with Crippen LogP contribution in [0, 0.1) is 5.82 Å². The monoisotopic (exact) mass is 409 g/mol. The van der Waals surface area contributed by atoms with E-state index in [2.05, 4.69) is 14.9 Å². The Bertz CT molecular complexity index is 1080. The van der Waals surface area contributed by atoms with E-state index in [1.807, 2.05) is 18.3 Å². The molecule has 6 nitrogen and oxygen atoms in total. The second kappa shape index (κ2) is 7.11. The third kappa shape index (κ3) is 3.23. The van der Waals surface area contributed by atoms with Crippen molar-refractivity contribution in [1.29, 1.82) is 0 Å². The molecule has 0 unspecified atom stereocenters. The highest BCUT2D eigenvalue weighted by atomic mass is 32.1. The van der Waals surface area contributed by atoms with Gasteiger partial charge < -0.3 is 15.5 Å². The Morgan fingerprint density at radius 1 is 1.10 bits per heavy atom. The number of benzene rings is 1. The highest BCUT2D eigenvalue weighted by Gasteiger charge is 2.30. The van der Waals surface area contributed by atoms with Crippen LogP contribution in [0.4, 0.5) is 21.6 Å². The average molecular weight is 409 g/mol. The molecule has 0 saturated carbocycles. The summed E-state index contributed by atoms with van der Waals surface area (Å²) < 4.78 is 13.8. The van der Waals surface area contributed by atoms with E-state index in [0.29, 0.717) is 23.5 Å². The molecule has 29 heavy (non-hydrogen) atoms. The van der Waals surface area contributed by atoms with Crippen LogP contribution in [0.5, 0.6) is 0 Å². The summed E-state index contributed by atoms with van der Waals surface area (Å²) in [4.78, 5) is 26.7. The fourth-order valence-corrected chi connectivity index (χ4v) is 4.88. The topological polar surface area (TPSA) is 75.3 Å². The molecule has 2 N–H and O–H groups in total. The first-order valence-corrected chi connectivity index (χ1v) is 10.5. The molecule has 1 amide bonds. The maximum atomic E-state index is 13.8. The van der Waals surface area contributed by atoms with Crippen LogP contribution < -0.4 is 15.5 Å². The van der Waals surface area contributed by atoms with Gasteiger partial charge in [0.2, 0.25) is 0 Å². The average Bonchev–Trinajstić information content (AvgIpc) is 3.41. The summed E-state index contributed by atoms with van der Waals surface area (Å²) in [6, 6.07) is 8.50. The molecule has 0 aliphatic carbocycles. The van der Waals surface area contributed by atoms with Crippen molar-refractivity contribution >= 4 is 34.4 Å². The summed E-state index contributed by atoms with van der Waals surface area (Å²) in [6.07, 6.45) is 4.87. The number of fused-ring (bicyclic) bond motifs is 1. The molecule has 0 radical (unpaired) electrons. The highest BCUT2D eigenvalue weighted by molar-refractivity contribution is 7.17. The summed E-state index contributed by atoms with van der Waals surface area (Å²) in [5, 5.41) is 0.786. The van der Waals surface area contributed by atoms with Crippen LogP contribution in [-0.4, -0.2) is 35.5 Å². The van der Waals surface area contributed by atoms with Crippen LogP contribution in [0.25, 0.3) is 10.6 Å². The van der Waals surface area contributed by atoms with Gasteiger partial charge in [0.15, 0.2) is 0 Å². The first kappa shape index (κ1) is 18.1. The van der Waals surface area contributed by atoms with E-state index in [-0.39, 0.29) is 11.6 Å². The van der Waals surface area contributed by atoms with Crippen molar-refractivity contribution in [2.75, 3.05) is 35.2 Å². The zero-order valence-corrected chi connectivity index (χ0v) is 16.6. The Morgan fingerprint density at radius 2 is 1.93 bits per heavy atom. The predicted octanol–water partition coefficient (Wildman–Crippen LogP) is 3.73. The SMILES string of the molecule is Nc1ccc(N2CCc3nc(-c4ccc(N5CCCC5)nc4)sc3C2=O)cc1F. The molecule has 1 saturated heterocycles. The second-order valence-corrected chi connectivity index (χ2v) is 8.31. The number of carbonyl (C=O) groups is 1. The quantitative estimate of drug-likeness (QED) is 0.667. The smallest absolute Gasteiger partial charge is 0.270 e. The van der Waals surface area contributed by atoms with Gasteiger partial charge in [0, 0.05) is 43.5 Å². The number of anilines is 3. The molecular formula is C21H20FN5OS. The van der Waals surface area contributed by atoms with E-state index < -0.39 is 5.82 Å². The minimum atomic E-state index is -0.518. The molecule has 3 aromatic rings. The van der Waals surface area contributed by atoms with Crippen molar-refractivity contribution in [2.24, 2.45) is 0 Å². The minimum absolute atomic E-state index is 0.0730. The van der Waals surface area contributed by atoms with Crippen LogP contribution >= 0.6 is 11.3 Å². The summed E-state index contributed by atoms with van der Waals surface area (Å²) in [7, 11) is 0. The van der Waals surface area contributed by atoms with Gasteiger partial charge in [-0.1, -0.05) is 0 Å². The standard InChI is InChI=1S/C21H20FN5OS/c22-15-11-14(4-5-16(15)23)27-10-7-17-19(21(27)28)29-20(25-17)13-3-6-18(24-12-13)26-8-1-2-9-26/h3-6,11-12H,1-2,7-10,23H2. The molecule has 8 heteroatoms. The van der Waals surface area contributed by atoms with E-state index in [4.69, 9.17) is 5.73 Å². The number of rotatable bonds is 3. The van der Waals surface area contributed by atoms with E-state index in [0.717, 1.165) is 35.2 Å². The Balaban J connectivity index is 1.41. The number of pyridine rings is 1. The Kier molecular flexibility index (Phi) is 4.43. The number of thiazole rings is 1. The van der Waals surface area contributed by atoms with Crippen molar-refractivity contribution in [3.8, 4) is 10.6 Å². The number of hydrogen-bond acceptors (Lipinski definition) is 6. The van der Waals surface area contributed by atoms with E-state index in [1.165, 1.54) is 36.3 Å². The number of amides is 1. The lowest BCUT2D eigenvalue weighted by Gasteiger charge is -2.26. The van der Waals surface area contributed by atoms with Gasteiger partial charge in [0.25, 0.3) is 5.91 Å². The van der Waals surface area contributed by atoms with Crippen LogP contribution in [0.3, 0.4) is 0 Å². The van der Waals surface area contributed by atoms with Crippen molar-refractivity contribution in [3.63, 3.8) is 0 Å². The van der Waals surface area contributed by atoms with Crippen molar-refractivity contribution in [1.82, 2.24) is 9.97 Å². The summed E-state index contributed by atoms with van der Waals surface area (Å²) >= 11 is 1.37. The van der Waals surface area contributed by atoms with Crippen LogP contribution in [0.1, 0.15) is 28.2 Å². The van der Waals surface area contributed by atoms with Gasteiger partial charge in [-0.15, -0.1) is 11.3 Å².